The molecule has 0 aliphatic carbocycles. The fraction of sp³-hybridized carbons (Fsp3) is 0.500. The Hall–Kier alpha value is -0.0831. The van der Waals surface area contributed by atoms with Crippen LogP contribution in [0.15, 0.2) is 12.7 Å². The molecule has 0 heterocycles. The monoisotopic (exact) mass is 102 g/mol. The van der Waals surface area contributed by atoms with E-state index in [-0.39, 0.29) is 6.10 Å². The van der Waals surface area contributed by atoms with Gasteiger partial charge in [0.05, 0.1) is 6.10 Å². The van der Waals surface area contributed by atoms with Gasteiger partial charge in [-0.2, -0.15) is 0 Å². The molecule has 0 saturated heterocycles. The van der Waals surface area contributed by atoms with Crippen molar-refractivity contribution in [3.63, 3.8) is 0 Å². The maximum Gasteiger partial charge on any atom is 0.146 e. The molecule has 0 amide bonds. The molecule has 0 saturated carbocycles. The predicted molar refractivity (Wildman–Crippen MR) is 30.7 cm³/mol. The first-order chi connectivity index (χ1) is 2.81. The molecule has 0 rings (SSSR count). The van der Waals surface area contributed by atoms with Crippen LogP contribution in [0.4, 0.5) is 0 Å². The highest BCUT2D eigenvalue weighted by atomic mass is 28.2. The summed E-state index contributed by atoms with van der Waals surface area (Å²) in [6.07, 6.45) is 2.05. The Morgan fingerprint density at radius 1 is 2.00 bits per heavy atom. The fourth-order valence-corrected chi connectivity index (χ4v) is 0.289. The largest absolute Gasteiger partial charge is 0.422 e. The minimum atomic E-state index is 0.261. The Labute approximate surface area is 41.6 Å². The van der Waals surface area contributed by atoms with E-state index in [4.69, 9.17) is 4.43 Å². The summed E-state index contributed by atoms with van der Waals surface area (Å²) < 4.78 is 4.92. The molecule has 0 bridgehead atoms. The Bertz CT molecular complexity index is 44.8. The van der Waals surface area contributed by atoms with Crippen molar-refractivity contribution in [3.8, 4) is 0 Å². The summed E-state index contributed by atoms with van der Waals surface area (Å²) in [4.78, 5) is 0. The van der Waals surface area contributed by atoms with Crippen LogP contribution in [0.3, 0.4) is 0 Å². The van der Waals surface area contributed by atoms with Crippen LogP contribution in [0.2, 0.25) is 0 Å². The lowest BCUT2D eigenvalue weighted by molar-refractivity contribution is 0.298. The number of hydrogen-bond acceptors (Lipinski definition) is 1. The third-order valence-electron chi connectivity index (χ3n) is 0.704. The molecule has 0 aromatic rings. The predicted octanol–water partition coefficient (Wildman–Crippen LogP) is -0.142. The first-order valence-electron chi connectivity index (χ1n) is 1.96. The Kier molecular flexibility index (Phi) is 3.08. The van der Waals surface area contributed by atoms with Crippen LogP contribution in [0.5, 0.6) is 0 Å². The lowest BCUT2D eigenvalue weighted by Gasteiger charge is -1.98. The van der Waals surface area contributed by atoms with Crippen molar-refractivity contribution in [2.75, 3.05) is 0 Å². The van der Waals surface area contributed by atoms with Gasteiger partial charge in [-0.1, -0.05) is 6.08 Å². The van der Waals surface area contributed by atoms with E-state index in [1.54, 1.807) is 6.08 Å². The van der Waals surface area contributed by atoms with E-state index in [1.807, 2.05) is 6.92 Å². The summed E-state index contributed by atoms with van der Waals surface area (Å²) in [5, 5.41) is 0. The van der Waals surface area contributed by atoms with Crippen LogP contribution in [0.1, 0.15) is 6.92 Å². The molecule has 0 N–H and O–H groups in total. The smallest absolute Gasteiger partial charge is 0.146 e. The molecular formula is C4H10OSi. The Balaban J connectivity index is 2.96. The standard InChI is InChI=1S/C4H10OSi/c1-3-4(2)5-6/h3-4H,1H2,2,6H3. The average molecular weight is 102 g/mol. The zero-order valence-electron chi connectivity index (χ0n) is 4.27. The second kappa shape index (κ2) is 3.12. The van der Waals surface area contributed by atoms with Gasteiger partial charge in [-0.3, -0.25) is 0 Å². The van der Waals surface area contributed by atoms with E-state index in [1.165, 1.54) is 0 Å². The molecule has 0 radical (unpaired) electrons. The molecular weight excluding hydrogens is 92.1 g/mol. The van der Waals surface area contributed by atoms with Gasteiger partial charge in [0.15, 0.2) is 0 Å². The summed E-state index contributed by atoms with van der Waals surface area (Å²) in [6.45, 7) is 5.50. The van der Waals surface area contributed by atoms with E-state index >= 15 is 0 Å². The Morgan fingerprint density at radius 2 is 2.50 bits per heavy atom. The van der Waals surface area contributed by atoms with Gasteiger partial charge in [0.25, 0.3) is 0 Å². The normalized spacial score (nSPS) is 14.2. The van der Waals surface area contributed by atoms with E-state index in [9.17, 15) is 0 Å². The minimum Gasteiger partial charge on any atom is -0.422 e. The van der Waals surface area contributed by atoms with Crippen molar-refractivity contribution in [2.45, 2.75) is 13.0 Å². The summed E-state index contributed by atoms with van der Waals surface area (Å²) in [5.41, 5.74) is 0. The van der Waals surface area contributed by atoms with Crippen molar-refractivity contribution in [1.82, 2.24) is 0 Å². The van der Waals surface area contributed by atoms with Crippen LogP contribution in [-0.4, -0.2) is 16.6 Å². The van der Waals surface area contributed by atoms with Crippen LogP contribution in [0.25, 0.3) is 0 Å². The van der Waals surface area contributed by atoms with Crippen LogP contribution in [0, 0.1) is 0 Å². The third-order valence-corrected chi connectivity index (χ3v) is 1.45. The number of hydrogen-bond donors (Lipinski definition) is 0. The molecule has 2 heteroatoms. The summed E-state index contributed by atoms with van der Waals surface area (Å²) in [6, 6.07) is 0. The van der Waals surface area contributed by atoms with Gasteiger partial charge in [0.1, 0.15) is 10.5 Å². The van der Waals surface area contributed by atoms with Crippen molar-refractivity contribution < 1.29 is 4.43 Å². The van der Waals surface area contributed by atoms with E-state index in [0.717, 1.165) is 10.5 Å². The van der Waals surface area contributed by atoms with Crippen LogP contribution >= 0.6 is 0 Å². The second-order valence-corrected chi connectivity index (χ2v) is 1.65. The maximum absolute atomic E-state index is 4.92. The molecule has 0 fully saturated rings. The van der Waals surface area contributed by atoms with Gasteiger partial charge in [0.2, 0.25) is 0 Å². The third kappa shape index (κ3) is 2.17. The first-order valence-corrected chi connectivity index (χ1v) is 2.78. The molecule has 0 aromatic heterocycles. The topological polar surface area (TPSA) is 9.23 Å². The van der Waals surface area contributed by atoms with E-state index in [2.05, 4.69) is 6.58 Å². The summed E-state index contributed by atoms with van der Waals surface area (Å²) in [5.74, 6) is 0. The summed E-state index contributed by atoms with van der Waals surface area (Å²) in [7, 11) is 0.811. The van der Waals surface area contributed by atoms with Gasteiger partial charge in [-0.25, -0.2) is 0 Å². The molecule has 36 valence electrons. The molecule has 1 unspecified atom stereocenters. The molecule has 1 atom stereocenters. The van der Waals surface area contributed by atoms with Crippen molar-refractivity contribution >= 4 is 10.5 Å². The highest BCUT2D eigenvalue weighted by Crippen LogP contribution is 1.82. The van der Waals surface area contributed by atoms with Crippen LogP contribution in [-0.2, 0) is 4.43 Å². The highest BCUT2D eigenvalue weighted by molar-refractivity contribution is 5.98. The minimum absolute atomic E-state index is 0.261. The van der Waals surface area contributed by atoms with E-state index < -0.39 is 0 Å². The highest BCUT2D eigenvalue weighted by Gasteiger charge is 1.82. The number of rotatable bonds is 2. The van der Waals surface area contributed by atoms with Crippen molar-refractivity contribution in [1.29, 1.82) is 0 Å². The zero-order chi connectivity index (χ0) is 4.99. The average Bonchev–Trinajstić information content (AvgIpc) is 1.65. The second-order valence-electron chi connectivity index (χ2n) is 1.18. The molecule has 0 spiro atoms. The van der Waals surface area contributed by atoms with Crippen LogP contribution < -0.4 is 0 Å². The quantitative estimate of drug-likeness (QED) is 0.348. The SMILES string of the molecule is C=CC(C)O[SiH3]. The van der Waals surface area contributed by atoms with E-state index in [0.29, 0.717) is 0 Å². The van der Waals surface area contributed by atoms with Gasteiger partial charge < -0.3 is 4.43 Å². The molecule has 0 aliphatic rings. The molecule has 0 aliphatic heterocycles. The van der Waals surface area contributed by atoms with Crippen molar-refractivity contribution in [3.05, 3.63) is 12.7 Å². The molecule has 6 heavy (non-hydrogen) atoms. The van der Waals surface area contributed by atoms with Gasteiger partial charge in [-0.15, -0.1) is 6.58 Å². The fourth-order valence-electron chi connectivity index (χ4n) is 0.0962. The van der Waals surface area contributed by atoms with Crippen molar-refractivity contribution in [2.24, 2.45) is 0 Å². The van der Waals surface area contributed by atoms with Gasteiger partial charge >= 0.3 is 0 Å². The zero-order valence-corrected chi connectivity index (χ0v) is 6.27. The first kappa shape index (κ1) is 5.92. The lowest BCUT2D eigenvalue weighted by atomic mass is 10.4. The van der Waals surface area contributed by atoms with Gasteiger partial charge in [0, 0.05) is 0 Å². The van der Waals surface area contributed by atoms with Gasteiger partial charge in [-0.05, 0) is 6.92 Å². The Morgan fingerprint density at radius 3 is 2.50 bits per heavy atom. The lowest BCUT2D eigenvalue weighted by Crippen LogP contribution is -1.98. The summed E-state index contributed by atoms with van der Waals surface area (Å²) >= 11 is 0. The maximum atomic E-state index is 4.92. The molecule has 1 nitrogen and oxygen atoms in total. The molecule has 0 aromatic carbocycles.